The number of nitrogens with zero attached hydrogens (tertiary/aromatic N) is 5. The Morgan fingerprint density at radius 1 is 1.22 bits per heavy atom. The smallest absolute Gasteiger partial charge is 0.252 e. The molecule has 1 aromatic carbocycles. The first-order chi connectivity index (χ1) is 19.6. The molecular weight excluding hydrogens is 561 g/mol. The first-order valence-electron chi connectivity index (χ1n) is 12.9. The lowest BCUT2D eigenvalue weighted by Gasteiger charge is -2.41. The van der Waals surface area contributed by atoms with Crippen molar-refractivity contribution >= 4 is 41.0 Å². The zero-order valence-corrected chi connectivity index (χ0v) is 22.2. The number of hydrogen-bond acceptors (Lipinski definition) is 6. The average Bonchev–Trinajstić information content (AvgIpc) is 3.32. The topological polar surface area (TPSA) is 119 Å². The summed E-state index contributed by atoms with van der Waals surface area (Å²) >= 11 is 6.59. The van der Waals surface area contributed by atoms with Crippen molar-refractivity contribution in [3.05, 3.63) is 72.3 Å². The van der Waals surface area contributed by atoms with Gasteiger partial charge in [0.25, 0.3) is 11.8 Å². The van der Waals surface area contributed by atoms with Crippen LogP contribution in [0.4, 0.5) is 24.8 Å². The number of halogens is 4. The molecule has 1 saturated carbocycles. The van der Waals surface area contributed by atoms with Gasteiger partial charge in [-0.15, -0.1) is 11.6 Å². The van der Waals surface area contributed by atoms with Crippen LogP contribution in [0.25, 0.3) is 0 Å². The molecule has 2 aromatic rings. The fourth-order valence-corrected chi connectivity index (χ4v) is 5.60. The molecule has 13 heteroatoms. The summed E-state index contributed by atoms with van der Waals surface area (Å²) in [6, 6.07) is 4.79. The number of allylic oxidation sites excluding steroid dienone is 3. The number of anilines is 2. The van der Waals surface area contributed by atoms with Crippen LogP contribution in [0.15, 0.2) is 60.8 Å². The maximum atomic E-state index is 14.5. The number of carbonyl (C=O) groups is 3. The van der Waals surface area contributed by atoms with Gasteiger partial charge in [0.2, 0.25) is 17.8 Å². The molecule has 5 rings (SSSR count). The van der Waals surface area contributed by atoms with E-state index in [9.17, 15) is 32.8 Å². The number of carbonyl (C=O) groups excluding carboxylic acids is 3. The monoisotopic (exact) mass is 584 g/mol. The van der Waals surface area contributed by atoms with Crippen molar-refractivity contribution in [1.29, 1.82) is 5.26 Å². The third-order valence-electron chi connectivity index (χ3n) is 7.25. The summed E-state index contributed by atoms with van der Waals surface area (Å²) in [6.07, 6.45) is 6.69. The molecule has 0 bridgehead atoms. The lowest BCUT2D eigenvalue weighted by Crippen LogP contribution is -2.62. The maximum absolute atomic E-state index is 14.5. The van der Waals surface area contributed by atoms with Crippen LogP contribution in [0.1, 0.15) is 31.4 Å². The molecule has 2 aliphatic carbocycles. The van der Waals surface area contributed by atoms with Crippen molar-refractivity contribution in [2.75, 3.05) is 9.80 Å². The van der Waals surface area contributed by atoms with Crippen LogP contribution < -0.4 is 15.1 Å². The van der Waals surface area contributed by atoms with Crippen LogP contribution in [0.3, 0.4) is 0 Å². The minimum Gasteiger partial charge on any atom is -0.351 e. The van der Waals surface area contributed by atoms with E-state index < -0.39 is 71.7 Å². The minimum atomic E-state index is -2.91. The van der Waals surface area contributed by atoms with E-state index in [1.807, 2.05) is 6.07 Å². The number of nitrogens with one attached hydrogen (secondary N) is 1. The lowest BCUT2D eigenvalue weighted by atomic mass is 9.86. The molecule has 1 N–H and O–H groups in total. The zero-order valence-electron chi connectivity index (χ0n) is 21.5. The highest BCUT2D eigenvalue weighted by Crippen LogP contribution is 2.38. The molecular formula is C28H24ClF3N6O3. The van der Waals surface area contributed by atoms with Gasteiger partial charge >= 0.3 is 0 Å². The van der Waals surface area contributed by atoms with E-state index in [0.29, 0.717) is 0 Å². The fraction of sp³-hybridized carbons (Fsp3) is 0.357. The predicted molar refractivity (Wildman–Crippen MR) is 142 cm³/mol. The number of aromatic nitrogens is 2. The molecule has 0 radical (unpaired) electrons. The number of amides is 3. The van der Waals surface area contributed by atoms with Gasteiger partial charge in [-0.3, -0.25) is 24.2 Å². The van der Waals surface area contributed by atoms with Gasteiger partial charge in [0.05, 0.1) is 5.38 Å². The Morgan fingerprint density at radius 3 is 2.66 bits per heavy atom. The third kappa shape index (κ3) is 5.81. The molecule has 1 aliphatic heterocycles. The Balaban J connectivity index is 1.58. The molecule has 0 spiro atoms. The third-order valence-corrected chi connectivity index (χ3v) is 7.69. The first-order valence-corrected chi connectivity index (χ1v) is 13.3. The van der Waals surface area contributed by atoms with Gasteiger partial charge in [-0.05, 0) is 30.7 Å². The molecule has 4 atom stereocenters. The van der Waals surface area contributed by atoms with E-state index in [0.717, 1.165) is 21.9 Å². The Labute approximate surface area is 238 Å². The van der Waals surface area contributed by atoms with Crippen molar-refractivity contribution in [2.45, 2.75) is 55.1 Å². The van der Waals surface area contributed by atoms with Crippen molar-refractivity contribution in [1.82, 2.24) is 15.3 Å². The average molecular weight is 585 g/mol. The maximum Gasteiger partial charge on any atom is 0.252 e. The van der Waals surface area contributed by atoms with Crippen LogP contribution in [-0.4, -0.2) is 57.1 Å². The van der Waals surface area contributed by atoms with Gasteiger partial charge in [-0.1, -0.05) is 30.4 Å². The quantitative estimate of drug-likeness (QED) is 0.496. The van der Waals surface area contributed by atoms with E-state index in [4.69, 9.17) is 11.6 Å². The van der Waals surface area contributed by atoms with Gasteiger partial charge in [0.15, 0.2) is 0 Å². The standard InChI is InChI=1S/C28H24ClF3N6O3/c29-21-7-2-1-6-20(21)24(25(40)35-18-13-28(31,32)14-18)37(19-5-3-4-16(30)12-19)26(41)22-8-9-23(39)38(22)27-34-11-10-17(15-33)36-27/h1-7,10-12,18,20-22,24H,8-9,13-14H2,(H,35,40)/t20?,21?,22-,24-/m0/s1. The molecule has 3 amide bonds. The van der Waals surface area contributed by atoms with Crippen LogP contribution in [0, 0.1) is 23.1 Å². The summed E-state index contributed by atoms with van der Waals surface area (Å²) in [4.78, 5) is 51.5. The number of hydrogen-bond donors (Lipinski definition) is 1. The zero-order chi connectivity index (χ0) is 29.3. The second kappa shape index (κ2) is 11.3. The molecule has 9 nitrogen and oxygen atoms in total. The van der Waals surface area contributed by atoms with Gasteiger partial charge in [0, 0.05) is 43.1 Å². The molecule has 3 aliphatic rings. The van der Waals surface area contributed by atoms with Gasteiger partial charge in [0.1, 0.15) is 29.7 Å². The molecule has 1 aromatic heterocycles. The molecule has 41 heavy (non-hydrogen) atoms. The van der Waals surface area contributed by atoms with Crippen molar-refractivity contribution in [2.24, 2.45) is 5.92 Å². The molecule has 212 valence electrons. The van der Waals surface area contributed by atoms with Crippen molar-refractivity contribution in [3.63, 3.8) is 0 Å². The molecule has 1 saturated heterocycles. The molecule has 2 unspecified atom stereocenters. The van der Waals surface area contributed by atoms with Crippen LogP contribution in [0.2, 0.25) is 0 Å². The lowest BCUT2D eigenvalue weighted by molar-refractivity contribution is -0.133. The Morgan fingerprint density at radius 2 is 1.98 bits per heavy atom. The minimum absolute atomic E-state index is 0.00639. The van der Waals surface area contributed by atoms with Crippen LogP contribution in [-0.2, 0) is 14.4 Å². The summed E-state index contributed by atoms with van der Waals surface area (Å²) in [5, 5.41) is 11.1. The van der Waals surface area contributed by atoms with Crippen molar-refractivity contribution in [3.8, 4) is 6.07 Å². The summed E-state index contributed by atoms with van der Waals surface area (Å²) in [5.74, 6) is -6.59. The predicted octanol–water partition coefficient (Wildman–Crippen LogP) is 3.65. The Bertz CT molecular complexity index is 1470. The number of benzene rings is 1. The Kier molecular flexibility index (Phi) is 7.82. The second-order valence-electron chi connectivity index (χ2n) is 10.1. The summed E-state index contributed by atoms with van der Waals surface area (Å²) in [5.41, 5.74) is -0.0200. The Hall–Kier alpha value is -4.24. The largest absolute Gasteiger partial charge is 0.351 e. The van der Waals surface area contributed by atoms with E-state index in [1.165, 1.54) is 24.4 Å². The van der Waals surface area contributed by atoms with Gasteiger partial charge in [-0.25, -0.2) is 23.1 Å². The highest BCUT2D eigenvalue weighted by atomic mass is 35.5. The van der Waals surface area contributed by atoms with Crippen LogP contribution >= 0.6 is 11.6 Å². The van der Waals surface area contributed by atoms with Gasteiger partial charge in [-0.2, -0.15) is 5.26 Å². The van der Waals surface area contributed by atoms with Crippen molar-refractivity contribution < 1.29 is 27.6 Å². The van der Waals surface area contributed by atoms with Gasteiger partial charge < -0.3 is 5.32 Å². The number of nitriles is 1. The summed E-state index contributed by atoms with van der Waals surface area (Å²) < 4.78 is 41.7. The highest BCUT2D eigenvalue weighted by Gasteiger charge is 2.50. The summed E-state index contributed by atoms with van der Waals surface area (Å²) in [7, 11) is 0. The first kappa shape index (κ1) is 28.3. The van der Waals surface area contributed by atoms with E-state index in [2.05, 4.69) is 15.3 Å². The number of rotatable bonds is 7. The normalized spacial score (nSPS) is 23.9. The summed E-state index contributed by atoms with van der Waals surface area (Å²) in [6.45, 7) is 0. The molecule has 2 fully saturated rings. The molecule has 2 heterocycles. The van der Waals surface area contributed by atoms with E-state index in [-0.39, 0.29) is 30.2 Å². The number of alkyl halides is 3. The SMILES string of the molecule is N#Cc1ccnc(N2C(=O)CC[C@H]2C(=O)N(c2cccc(F)c2)[C@H](C(=O)NC2CC(F)(F)C2)C2C=CC=CC2Cl)n1. The second-order valence-corrected chi connectivity index (χ2v) is 10.6. The van der Waals surface area contributed by atoms with E-state index >= 15 is 0 Å². The van der Waals surface area contributed by atoms with E-state index in [1.54, 1.807) is 24.3 Å². The fourth-order valence-electron chi connectivity index (χ4n) is 5.30. The highest BCUT2D eigenvalue weighted by molar-refractivity contribution is 6.22. The van der Waals surface area contributed by atoms with Crippen LogP contribution in [0.5, 0.6) is 0 Å².